The first-order valence-electron chi connectivity index (χ1n) is 8.57. The SMILES string of the molecule is CCOc1ccc(-c2ccnc(CCCc3ccc(O)cc3)n2)cc1. The number of nitrogens with zero attached hydrogens (tertiary/aromatic N) is 2. The maximum Gasteiger partial charge on any atom is 0.128 e. The van der Waals surface area contributed by atoms with Crippen LogP contribution in [0.15, 0.2) is 60.8 Å². The van der Waals surface area contributed by atoms with E-state index in [-0.39, 0.29) is 0 Å². The van der Waals surface area contributed by atoms with Gasteiger partial charge in [0, 0.05) is 18.2 Å². The van der Waals surface area contributed by atoms with Gasteiger partial charge in [-0.2, -0.15) is 0 Å². The molecular weight excluding hydrogens is 312 g/mol. The van der Waals surface area contributed by atoms with E-state index in [1.54, 1.807) is 12.1 Å². The van der Waals surface area contributed by atoms with E-state index < -0.39 is 0 Å². The fourth-order valence-corrected chi connectivity index (χ4v) is 2.68. The van der Waals surface area contributed by atoms with Crippen molar-refractivity contribution in [3.8, 4) is 22.8 Å². The van der Waals surface area contributed by atoms with E-state index in [4.69, 9.17) is 4.74 Å². The first kappa shape index (κ1) is 17.0. The molecule has 0 aliphatic carbocycles. The highest BCUT2D eigenvalue weighted by atomic mass is 16.5. The maximum absolute atomic E-state index is 9.32. The van der Waals surface area contributed by atoms with Gasteiger partial charge in [0.05, 0.1) is 12.3 Å². The molecule has 25 heavy (non-hydrogen) atoms. The van der Waals surface area contributed by atoms with Crippen molar-refractivity contribution in [3.63, 3.8) is 0 Å². The van der Waals surface area contributed by atoms with E-state index in [0.717, 1.165) is 42.1 Å². The maximum atomic E-state index is 9.32. The van der Waals surface area contributed by atoms with Crippen molar-refractivity contribution in [2.45, 2.75) is 26.2 Å². The summed E-state index contributed by atoms with van der Waals surface area (Å²) in [6.45, 7) is 2.64. The smallest absolute Gasteiger partial charge is 0.128 e. The van der Waals surface area contributed by atoms with E-state index in [9.17, 15) is 5.11 Å². The Labute approximate surface area is 148 Å². The first-order chi connectivity index (χ1) is 12.2. The van der Waals surface area contributed by atoms with Gasteiger partial charge in [0.15, 0.2) is 0 Å². The molecule has 0 aliphatic heterocycles. The van der Waals surface area contributed by atoms with Gasteiger partial charge in [-0.15, -0.1) is 0 Å². The van der Waals surface area contributed by atoms with Gasteiger partial charge in [-0.25, -0.2) is 9.97 Å². The van der Waals surface area contributed by atoms with Gasteiger partial charge in [0.1, 0.15) is 17.3 Å². The lowest BCUT2D eigenvalue weighted by Gasteiger charge is -2.06. The van der Waals surface area contributed by atoms with Gasteiger partial charge in [0.2, 0.25) is 0 Å². The predicted octanol–water partition coefficient (Wildman–Crippen LogP) is 4.42. The number of aromatic hydroxyl groups is 1. The molecule has 128 valence electrons. The zero-order valence-electron chi connectivity index (χ0n) is 14.4. The number of benzene rings is 2. The topological polar surface area (TPSA) is 55.2 Å². The molecule has 1 heterocycles. The van der Waals surface area contributed by atoms with Crippen LogP contribution in [-0.2, 0) is 12.8 Å². The van der Waals surface area contributed by atoms with Crippen LogP contribution in [0.25, 0.3) is 11.3 Å². The van der Waals surface area contributed by atoms with Crippen LogP contribution in [0.2, 0.25) is 0 Å². The van der Waals surface area contributed by atoms with Gasteiger partial charge < -0.3 is 9.84 Å². The van der Waals surface area contributed by atoms with E-state index in [2.05, 4.69) is 9.97 Å². The second kappa shape index (κ2) is 8.29. The Hall–Kier alpha value is -2.88. The van der Waals surface area contributed by atoms with Gasteiger partial charge in [-0.1, -0.05) is 12.1 Å². The third-order valence-corrected chi connectivity index (χ3v) is 3.97. The number of phenolic OH excluding ortho intramolecular Hbond substituents is 1. The van der Waals surface area contributed by atoms with Crippen LogP contribution in [0, 0.1) is 0 Å². The van der Waals surface area contributed by atoms with Gasteiger partial charge in [-0.05, 0) is 67.8 Å². The average Bonchev–Trinajstić information content (AvgIpc) is 2.65. The molecule has 0 atom stereocenters. The highest BCUT2D eigenvalue weighted by Crippen LogP contribution is 2.21. The minimum Gasteiger partial charge on any atom is -0.508 e. The van der Waals surface area contributed by atoms with Crippen LogP contribution in [0.4, 0.5) is 0 Å². The van der Waals surface area contributed by atoms with Gasteiger partial charge >= 0.3 is 0 Å². The van der Waals surface area contributed by atoms with Crippen molar-refractivity contribution in [1.82, 2.24) is 9.97 Å². The summed E-state index contributed by atoms with van der Waals surface area (Å²) in [6, 6.07) is 17.2. The Bertz CT molecular complexity index is 799. The number of hydrogen-bond acceptors (Lipinski definition) is 4. The lowest BCUT2D eigenvalue weighted by Crippen LogP contribution is -1.98. The van der Waals surface area contributed by atoms with Crippen molar-refractivity contribution in [2.75, 3.05) is 6.61 Å². The Morgan fingerprint density at radius 2 is 1.68 bits per heavy atom. The van der Waals surface area contributed by atoms with Crippen molar-refractivity contribution in [1.29, 1.82) is 0 Å². The number of phenols is 1. The molecule has 0 amide bonds. The predicted molar refractivity (Wildman–Crippen MR) is 98.8 cm³/mol. The number of ether oxygens (including phenoxy) is 1. The lowest BCUT2D eigenvalue weighted by atomic mass is 10.1. The molecule has 4 heteroatoms. The zero-order chi connectivity index (χ0) is 17.5. The van der Waals surface area contributed by atoms with Gasteiger partial charge in [-0.3, -0.25) is 0 Å². The van der Waals surface area contributed by atoms with E-state index in [0.29, 0.717) is 12.4 Å². The van der Waals surface area contributed by atoms with E-state index in [1.807, 2.05) is 55.6 Å². The Morgan fingerprint density at radius 1 is 0.920 bits per heavy atom. The van der Waals surface area contributed by atoms with Gasteiger partial charge in [0.25, 0.3) is 0 Å². The number of hydrogen-bond donors (Lipinski definition) is 1. The van der Waals surface area contributed by atoms with Crippen molar-refractivity contribution in [3.05, 3.63) is 72.2 Å². The molecule has 0 unspecified atom stereocenters. The molecule has 1 N–H and O–H groups in total. The summed E-state index contributed by atoms with van der Waals surface area (Å²) >= 11 is 0. The highest BCUT2D eigenvalue weighted by molar-refractivity contribution is 5.59. The summed E-state index contributed by atoms with van der Waals surface area (Å²) in [6.07, 6.45) is 4.55. The molecule has 0 bridgehead atoms. The summed E-state index contributed by atoms with van der Waals surface area (Å²) in [4.78, 5) is 9.05. The zero-order valence-corrected chi connectivity index (χ0v) is 14.4. The van der Waals surface area contributed by atoms with Crippen LogP contribution < -0.4 is 4.74 Å². The van der Waals surface area contributed by atoms with Crippen LogP contribution in [0.5, 0.6) is 11.5 Å². The fourth-order valence-electron chi connectivity index (χ4n) is 2.68. The van der Waals surface area contributed by atoms with Crippen LogP contribution >= 0.6 is 0 Å². The summed E-state index contributed by atoms with van der Waals surface area (Å²) in [7, 11) is 0. The van der Waals surface area contributed by atoms with E-state index in [1.165, 1.54) is 5.56 Å². The quantitative estimate of drug-likeness (QED) is 0.695. The molecule has 0 saturated heterocycles. The van der Waals surface area contributed by atoms with Crippen LogP contribution in [0.3, 0.4) is 0 Å². The largest absolute Gasteiger partial charge is 0.508 e. The Morgan fingerprint density at radius 3 is 2.40 bits per heavy atom. The second-order valence-corrected chi connectivity index (χ2v) is 5.84. The van der Waals surface area contributed by atoms with Crippen molar-refractivity contribution in [2.24, 2.45) is 0 Å². The normalized spacial score (nSPS) is 10.6. The molecule has 0 aliphatic rings. The molecule has 0 radical (unpaired) electrons. The summed E-state index contributed by atoms with van der Waals surface area (Å²) in [5.74, 6) is 2.02. The molecule has 1 aromatic heterocycles. The molecule has 4 nitrogen and oxygen atoms in total. The molecule has 0 fully saturated rings. The molecule has 0 saturated carbocycles. The molecule has 2 aromatic carbocycles. The first-order valence-corrected chi connectivity index (χ1v) is 8.57. The number of aryl methyl sites for hydroxylation is 2. The summed E-state index contributed by atoms with van der Waals surface area (Å²) < 4.78 is 5.47. The Balaban J connectivity index is 1.61. The van der Waals surface area contributed by atoms with Crippen molar-refractivity contribution >= 4 is 0 Å². The van der Waals surface area contributed by atoms with Crippen LogP contribution in [-0.4, -0.2) is 21.7 Å². The fraction of sp³-hybridized carbons (Fsp3) is 0.238. The number of rotatable bonds is 7. The minimum absolute atomic E-state index is 0.301. The minimum atomic E-state index is 0.301. The summed E-state index contributed by atoms with van der Waals surface area (Å²) in [5.41, 5.74) is 3.20. The monoisotopic (exact) mass is 334 g/mol. The highest BCUT2D eigenvalue weighted by Gasteiger charge is 2.04. The third kappa shape index (κ3) is 4.80. The molecule has 3 aromatic rings. The standard InChI is InChI=1S/C21H22N2O2/c1-2-25-19-12-8-17(9-13-19)20-14-15-22-21(23-20)5-3-4-16-6-10-18(24)11-7-16/h6-15,24H,2-5H2,1H3. The molecule has 3 rings (SSSR count). The molecular formula is C21H22N2O2. The van der Waals surface area contributed by atoms with Crippen molar-refractivity contribution < 1.29 is 9.84 Å². The number of aromatic nitrogens is 2. The van der Waals surface area contributed by atoms with Crippen LogP contribution in [0.1, 0.15) is 24.7 Å². The third-order valence-electron chi connectivity index (χ3n) is 3.97. The lowest BCUT2D eigenvalue weighted by molar-refractivity contribution is 0.340. The second-order valence-electron chi connectivity index (χ2n) is 5.84. The Kier molecular flexibility index (Phi) is 5.62. The van der Waals surface area contributed by atoms with E-state index >= 15 is 0 Å². The summed E-state index contributed by atoms with van der Waals surface area (Å²) in [5, 5.41) is 9.32. The molecule has 0 spiro atoms. The average molecular weight is 334 g/mol.